The summed E-state index contributed by atoms with van der Waals surface area (Å²) < 4.78 is 11.5. The largest absolute Gasteiger partial charge is 0.493 e. The first-order valence-corrected chi connectivity index (χ1v) is 13.5. The van der Waals surface area contributed by atoms with Gasteiger partial charge >= 0.3 is 0 Å². The van der Waals surface area contributed by atoms with Crippen LogP contribution in [-0.2, 0) is 16.0 Å². The molecule has 0 unspecified atom stereocenters. The number of alkyl halides is 1. The van der Waals surface area contributed by atoms with Crippen LogP contribution in [0.2, 0.25) is 0 Å². The van der Waals surface area contributed by atoms with E-state index in [1.807, 2.05) is 50.2 Å². The molecule has 0 aromatic heterocycles. The number of amides is 2. The van der Waals surface area contributed by atoms with Gasteiger partial charge in [0.05, 0.1) is 13.2 Å². The van der Waals surface area contributed by atoms with Crippen LogP contribution in [0.4, 0.5) is 0 Å². The van der Waals surface area contributed by atoms with Crippen molar-refractivity contribution in [3.8, 4) is 11.5 Å². The van der Waals surface area contributed by atoms with Crippen LogP contribution in [0.25, 0.3) is 0 Å². The van der Waals surface area contributed by atoms with Crippen molar-refractivity contribution in [2.75, 3.05) is 19.5 Å². The summed E-state index contributed by atoms with van der Waals surface area (Å²) in [5, 5.41) is 3.25. The number of halogens is 1. The van der Waals surface area contributed by atoms with Gasteiger partial charge in [-0.15, -0.1) is 11.6 Å². The Morgan fingerprint density at radius 1 is 1.03 bits per heavy atom. The summed E-state index contributed by atoms with van der Waals surface area (Å²) >= 11 is 6.05. The van der Waals surface area contributed by atoms with Crippen molar-refractivity contribution < 1.29 is 19.1 Å². The average molecular weight is 515 g/mol. The molecule has 1 saturated carbocycles. The van der Waals surface area contributed by atoms with Crippen molar-refractivity contribution in [1.82, 2.24) is 10.2 Å². The number of carbonyl (C=O) groups is 2. The van der Waals surface area contributed by atoms with Crippen molar-refractivity contribution in [1.29, 1.82) is 0 Å². The fourth-order valence-corrected chi connectivity index (χ4v) is 4.90. The van der Waals surface area contributed by atoms with Crippen LogP contribution in [-0.4, -0.2) is 48.4 Å². The number of benzene rings is 2. The molecule has 1 atom stereocenters. The zero-order chi connectivity index (χ0) is 25.9. The predicted molar refractivity (Wildman–Crippen MR) is 144 cm³/mol. The molecule has 1 N–H and O–H groups in total. The van der Waals surface area contributed by atoms with Crippen LogP contribution in [0, 0.1) is 0 Å². The van der Waals surface area contributed by atoms with Crippen molar-refractivity contribution in [2.24, 2.45) is 0 Å². The molecule has 7 heteroatoms. The van der Waals surface area contributed by atoms with E-state index in [-0.39, 0.29) is 29.8 Å². The summed E-state index contributed by atoms with van der Waals surface area (Å²) in [6.07, 6.45) is 7.08. The molecule has 6 nitrogen and oxygen atoms in total. The maximum Gasteiger partial charge on any atom is 0.247 e. The van der Waals surface area contributed by atoms with E-state index in [0.717, 1.165) is 31.2 Å². The van der Waals surface area contributed by atoms with E-state index in [9.17, 15) is 9.59 Å². The molecule has 0 radical (unpaired) electrons. The molecule has 2 aromatic rings. The lowest BCUT2D eigenvalue weighted by Crippen LogP contribution is -2.47. The van der Waals surface area contributed by atoms with Gasteiger partial charge < -0.3 is 19.7 Å². The second-order valence-electron chi connectivity index (χ2n) is 9.63. The van der Waals surface area contributed by atoms with Gasteiger partial charge in [-0.1, -0.05) is 62.1 Å². The molecule has 3 rings (SSSR count). The molecule has 1 fully saturated rings. The van der Waals surface area contributed by atoms with Crippen LogP contribution >= 0.6 is 11.6 Å². The highest BCUT2D eigenvalue weighted by Crippen LogP contribution is 2.34. The van der Waals surface area contributed by atoms with Crippen molar-refractivity contribution in [2.45, 2.75) is 77.0 Å². The number of nitrogens with one attached hydrogen (secondary N) is 1. The fraction of sp³-hybridized carbons (Fsp3) is 0.517. The highest BCUT2D eigenvalue weighted by molar-refractivity contribution is 6.27. The summed E-state index contributed by atoms with van der Waals surface area (Å²) in [6.45, 7) is 4.26. The molecule has 0 bridgehead atoms. The minimum Gasteiger partial charge on any atom is -0.493 e. The minimum atomic E-state index is -0.829. The Bertz CT molecular complexity index is 974. The Balaban J connectivity index is 1.96. The molecule has 1 aliphatic rings. The van der Waals surface area contributed by atoms with Crippen molar-refractivity contribution >= 4 is 23.4 Å². The maximum atomic E-state index is 13.8. The van der Waals surface area contributed by atoms with Crippen molar-refractivity contribution in [3.63, 3.8) is 0 Å². The molecule has 0 heterocycles. The number of methoxy groups -OCH3 is 1. The molecule has 1 aliphatic carbocycles. The van der Waals surface area contributed by atoms with Crippen LogP contribution < -0.4 is 14.8 Å². The topological polar surface area (TPSA) is 67.9 Å². The summed E-state index contributed by atoms with van der Waals surface area (Å²) in [5.41, 5.74) is 1.76. The molecular formula is C29H39ClN2O4. The Labute approximate surface area is 220 Å². The van der Waals surface area contributed by atoms with Gasteiger partial charge in [-0.3, -0.25) is 9.59 Å². The summed E-state index contributed by atoms with van der Waals surface area (Å²) in [5.74, 6) is 0.449. The first kappa shape index (κ1) is 27.9. The third kappa shape index (κ3) is 7.89. The lowest BCUT2D eigenvalue weighted by molar-refractivity contribution is -0.139. The minimum absolute atomic E-state index is 0.0284. The summed E-state index contributed by atoms with van der Waals surface area (Å²) in [4.78, 5) is 28.6. The van der Waals surface area contributed by atoms with E-state index in [1.54, 1.807) is 24.1 Å². The molecule has 0 spiro atoms. The Morgan fingerprint density at radius 2 is 1.72 bits per heavy atom. The molecule has 0 saturated heterocycles. The first-order valence-electron chi connectivity index (χ1n) is 13.0. The quantitative estimate of drug-likeness (QED) is 0.310. The highest BCUT2D eigenvalue weighted by Gasteiger charge is 2.33. The van der Waals surface area contributed by atoms with Gasteiger partial charge in [0.15, 0.2) is 11.5 Å². The van der Waals surface area contributed by atoms with Crippen LogP contribution in [0.5, 0.6) is 11.5 Å². The number of nitrogens with zero attached hydrogens (tertiary/aromatic N) is 1. The van der Waals surface area contributed by atoms with E-state index in [4.69, 9.17) is 21.1 Å². The lowest BCUT2D eigenvalue weighted by Gasteiger charge is -2.32. The lowest BCUT2D eigenvalue weighted by atomic mass is 10.0. The van der Waals surface area contributed by atoms with E-state index >= 15 is 0 Å². The Morgan fingerprint density at radius 3 is 2.33 bits per heavy atom. The normalized spacial score (nSPS) is 15.1. The molecular weight excluding hydrogens is 476 g/mol. The molecule has 196 valence electrons. The maximum absolute atomic E-state index is 13.8. The highest BCUT2D eigenvalue weighted by atomic mass is 35.5. The van der Waals surface area contributed by atoms with Gasteiger partial charge in [-0.2, -0.15) is 0 Å². The summed E-state index contributed by atoms with van der Waals surface area (Å²) in [6, 6.07) is 14.7. The second kappa shape index (κ2) is 14.1. The second-order valence-corrected chi connectivity index (χ2v) is 9.90. The number of hydrogen-bond donors (Lipinski definition) is 1. The van der Waals surface area contributed by atoms with Crippen LogP contribution in [0.1, 0.15) is 69.5 Å². The third-order valence-corrected chi connectivity index (χ3v) is 6.78. The third-order valence-electron chi connectivity index (χ3n) is 6.55. The van der Waals surface area contributed by atoms with Gasteiger partial charge in [0.25, 0.3) is 0 Å². The van der Waals surface area contributed by atoms with E-state index < -0.39 is 6.04 Å². The zero-order valence-corrected chi connectivity index (χ0v) is 22.4. The van der Waals surface area contributed by atoms with E-state index in [2.05, 4.69) is 5.32 Å². The van der Waals surface area contributed by atoms with Gasteiger partial charge in [-0.25, -0.2) is 0 Å². The summed E-state index contributed by atoms with van der Waals surface area (Å²) in [7, 11) is 1.57. The van der Waals surface area contributed by atoms with Crippen LogP contribution in [0.3, 0.4) is 0 Å². The Kier molecular flexibility index (Phi) is 10.9. The van der Waals surface area contributed by atoms with Gasteiger partial charge in [0, 0.05) is 12.6 Å². The molecule has 36 heavy (non-hydrogen) atoms. The van der Waals surface area contributed by atoms with Gasteiger partial charge in [-0.05, 0) is 56.4 Å². The number of carbonyl (C=O) groups excluding carboxylic acids is 2. The predicted octanol–water partition coefficient (Wildman–Crippen LogP) is 5.67. The van der Waals surface area contributed by atoms with Gasteiger partial charge in [0.1, 0.15) is 11.9 Å². The SMILES string of the molecule is COc1cc([C@H](C(=O)NC2CCCCCC2)N(CCc2ccccc2)C(=O)CCl)ccc1OC(C)C. The van der Waals surface area contributed by atoms with E-state index in [0.29, 0.717) is 30.0 Å². The van der Waals surface area contributed by atoms with E-state index in [1.165, 1.54) is 12.8 Å². The number of hydrogen-bond acceptors (Lipinski definition) is 4. The standard InChI is InChI=1S/C29H39ClN2O4/c1-21(2)36-25-16-15-23(19-26(25)35-3)28(29(34)31-24-13-9-4-5-10-14-24)32(27(33)20-30)18-17-22-11-7-6-8-12-22/h6-8,11-12,15-16,19,21,24,28H,4-5,9-10,13-14,17-18,20H2,1-3H3,(H,31,34)/t28-/m1/s1. The smallest absolute Gasteiger partial charge is 0.247 e. The fourth-order valence-electron chi connectivity index (χ4n) is 4.75. The first-order chi connectivity index (χ1) is 17.4. The Hall–Kier alpha value is -2.73. The number of rotatable bonds is 11. The average Bonchev–Trinajstić information content (AvgIpc) is 3.15. The zero-order valence-electron chi connectivity index (χ0n) is 21.7. The molecule has 2 amide bonds. The van der Waals surface area contributed by atoms with Crippen molar-refractivity contribution in [3.05, 3.63) is 59.7 Å². The monoisotopic (exact) mass is 514 g/mol. The molecule has 0 aliphatic heterocycles. The molecule has 2 aromatic carbocycles. The van der Waals surface area contributed by atoms with Crippen LogP contribution in [0.15, 0.2) is 48.5 Å². The van der Waals surface area contributed by atoms with Gasteiger partial charge in [0.2, 0.25) is 11.8 Å². The number of ether oxygens (including phenoxy) is 2.